The first-order valence-electron chi connectivity index (χ1n) is 9.65. The SMILES string of the molecule is CCC(c1nc2ccccc2c(=O)n1CC)N(C)C(=O)Nc1ccc([N+](=O)[O-])cc1. The number of hydrogen-bond donors (Lipinski definition) is 1. The van der Waals surface area contributed by atoms with Gasteiger partial charge in [-0.3, -0.25) is 19.5 Å². The van der Waals surface area contributed by atoms with Crippen molar-refractivity contribution in [2.45, 2.75) is 32.9 Å². The van der Waals surface area contributed by atoms with E-state index in [1.165, 1.54) is 29.2 Å². The van der Waals surface area contributed by atoms with Crippen molar-refractivity contribution in [3.63, 3.8) is 0 Å². The van der Waals surface area contributed by atoms with Gasteiger partial charge in [0, 0.05) is 31.4 Å². The number of nitrogens with one attached hydrogen (secondary N) is 1. The molecule has 0 spiro atoms. The molecule has 156 valence electrons. The molecule has 1 aromatic heterocycles. The third-order valence-corrected chi connectivity index (χ3v) is 5.01. The van der Waals surface area contributed by atoms with Crippen molar-refractivity contribution in [1.82, 2.24) is 14.5 Å². The summed E-state index contributed by atoms with van der Waals surface area (Å²) in [7, 11) is 1.64. The molecule has 9 heteroatoms. The lowest BCUT2D eigenvalue weighted by Gasteiger charge is -2.29. The molecule has 2 aromatic carbocycles. The van der Waals surface area contributed by atoms with Crippen LogP contribution in [0.15, 0.2) is 53.3 Å². The average molecular weight is 409 g/mol. The summed E-state index contributed by atoms with van der Waals surface area (Å²) >= 11 is 0. The highest BCUT2D eigenvalue weighted by molar-refractivity contribution is 5.89. The normalized spacial score (nSPS) is 11.8. The van der Waals surface area contributed by atoms with E-state index in [-0.39, 0.29) is 11.2 Å². The predicted octanol–water partition coefficient (Wildman–Crippen LogP) is 3.94. The topological polar surface area (TPSA) is 110 Å². The highest BCUT2D eigenvalue weighted by Crippen LogP contribution is 2.24. The van der Waals surface area contributed by atoms with Crippen molar-refractivity contribution < 1.29 is 9.72 Å². The monoisotopic (exact) mass is 409 g/mol. The summed E-state index contributed by atoms with van der Waals surface area (Å²) in [6.07, 6.45) is 0.551. The molecule has 3 rings (SSSR count). The number of rotatable bonds is 6. The minimum atomic E-state index is -0.500. The van der Waals surface area contributed by atoms with Gasteiger partial charge in [-0.1, -0.05) is 19.1 Å². The molecule has 0 saturated heterocycles. The van der Waals surface area contributed by atoms with E-state index in [0.717, 1.165) is 0 Å². The number of carbonyl (C=O) groups excluding carboxylic acids is 1. The summed E-state index contributed by atoms with van der Waals surface area (Å²) in [4.78, 5) is 42.2. The molecule has 1 heterocycles. The van der Waals surface area contributed by atoms with Gasteiger partial charge in [0.1, 0.15) is 5.82 Å². The number of para-hydroxylation sites is 1. The average Bonchev–Trinajstić information content (AvgIpc) is 2.75. The van der Waals surface area contributed by atoms with Crippen molar-refractivity contribution in [1.29, 1.82) is 0 Å². The summed E-state index contributed by atoms with van der Waals surface area (Å²) in [6, 6.07) is 11.9. The Hall–Kier alpha value is -3.75. The van der Waals surface area contributed by atoms with E-state index in [0.29, 0.717) is 35.4 Å². The Morgan fingerprint density at radius 2 is 1.87 bits per heavy atom. The van der Waals surface area contributed by atoms with Crippen LogP contribution in [-0.4, -0.2) is 32.5 Å². The first-order valence-corrected chi connectivity index (χ1v) is 9.65. The van der Waals surface area contributed by atoms with Gasteiger partial charge in [0.2, 0.25) is 0 Å². The second kappa shape index (κ2) is 8.73. The van der Waals surface area contributed by atoms with Crippen LogP contribution in [0.25, 0.3) is 10.9 Å². The van der Waals surface area contributed by atoms with Crippen LogP contribution < -0.4 is 10.9 Å². The second-order valence-corrected chi connectivity index (χ2v) is 6.81. The molecule has 9 nitrogen and oxygen atoms in total. The quantitative estimate of drug-likeness (QED) is 0.490. The molecule has 3 aromatic rings. The van der Waals surface area contributed by atoms with Gasteiger partial charge >= 0.3 is 6.03 Å². The maximum absolute atomic E-state index is 12.9. The molecule has 0 aliphatic heterocycles. The van der Waals surface area contributed by atoms with Crippen LogP contribution in [0.2, 0.25) is 0 Å². The summed E-state index contributed by atoms with van der Waals surface area (Å²) in [5, 5.41) is 14.1. The molecule has 0 fully saturated rings. The molecule has 0 radical (unpaired) electrons. The first kappa shape index (κ1) is 21.0. The molecule has 1 N–H and O–H groups in total. The second-order valence-electron chi connectivity index (χ2n) is 6.81. The Bertz CT molecular complexity index is 1140. The number of anilines is 1. The minimum Gasteiger partial charge on any atom is -0.317 e. The summed E-state index contributed by atoms with van der Waals surface area (Å²) in [5.41, 5.74) is 0.831. The molecule has 0 bridgehead atoms. The van der Waals surface area contributed by atoms with Gasteiger partial charge < -0.3 is 10.2 Å². The third kappa shape index (κ3) is 4.00. The van der Waals surface area contributed by atoms with Gasteiger partial charge in [-0.05, 0) is 37.6 Å². The number of nitro groups is 1. The number of benzene rings is 2. The van der Waals surface area contributed by atoms with Crippen LogP contribution >= 0.6 is 0 Å². The highest BCUT2D eigenvalue weighted by atomic mass is 16.6. The number of nitrogens with zero attached hydrogens (tertiary/aromatic N) is 4. The van der Waals surface area contributed by atoms with Crippen LogP contribution in [0, 0.1) is 10.1 Å². The molecule has 0 aliphatic carbocycles. The Morgan fingerprint density at radius 3 is 2.47 bits per heavy atom. The van der Waals surface area contributed by atoms with E-state index >= 15 is 0 Å². The van der Waals surface area contributed by atoms with Crippen LogP contribution in [0.3, 0.4) is 0 Å². The lowest BCUT2D eigenvalue weighted by molar-refractivity contribution is -0.384. The highest BCUT2D eigenvalue weighted by Gasteiger charge is 2.25. The van der Waals surface area contributed by atoms with E-state index in [2.05, 4.69) is 10.3 Å². The number of fused-ring (bicyclic) bond motifs is 1. The molecule has 30 heavy (non-hydrogen) atoms. The maximum atomic E-state index is 12.9. The van der Waals surface area contributed by atoms with E-state index in [9.17, 15) is 19.7 Å². The molecular formula is C21H23N5O4. The number of non-ortho nitro benzene ring substituents is 1. The fourth-order valence-electron chi connectivity index (χ4n) is 3.39. The van der Waals surface area contributed by atoms with E-state index in [1.54, 1.807) is 29.8 Å². The summed E-state index contributed by atoms with van der Waals surface area (Å²) in [6.45, 7) is 4.22. The predicted molar refractivity (Wildman–Crippen MR) is 115 cm³/mol. The largest absolute Gasteiger partial charge is 0.322 e. The molecule has 0 aliphatic rings. The Balaban J connectivity index is 1.92. The zero-order chi connectivity index (χ0) is 21.8. The molecular weight excluding hydrogens is 386 g/mol. The third-order valence-electron chi connectivity index (χ3n) is 5.01. The Morgan fingerprint density at radius 1 is 1.20 bits per heavy atom. The lowest BCUT2D eigenvalue weighted by Crippen LogP contribution is -2.38. The van der Waals surface area contributed by atoms with E-state index in [1.807, 2.05) is 19.9 Å². The zero-order valence-corrected chi connectivity index (χ0v) is 17.0. The first-order chi connectivity index (χ1) is 14.4. The summed E-state index contributed by atoms with van der Waals surface area (Å²) in [5.74, 6) is 0.519. The smallest absolute Gasteiger partial charge is 0.317 e. The van der Waals surface area contributed by atoms with Gasteiger partial charge in [-0.25, -0.2) is 9.78 Å². The van der Waals surface area contributed by atoms with Crippen LogP contribution in [0.4, 0.5) is 16.2 Å². The number of carbonyl (C=O) groups is 1. The van der Waals surface area contributed by atoms with Gasteiger partial charge in [-0.2, -0.15) is 0 Å². The Labute approximate surface area is 173 Å². The van der Waals surface area contributed by atoms with Crippen LogP contribution in [-0.2, 0) is 6.54 Å². The number of hydrogen-bond acceptors (Lipinski definition) is 5. The molecule has 1 atom stereocenters. The standard InChI is InChI=1S/C21H23N5O4/c1-4-18(19-23-17-9-7-6-8-16(17)20(27)25(19)5-2)24(3)21(28)22-14-10-12-15(13-11-14)26(29)30/h6-13,18H,4-5H2,1-3H3,(H,22,28). The number of amides is 2. The Kier molecular flexibility index (Phi) is 6.10. The van der Waals surface area contributed by atoms with Gasteiger partial charge in [0.15, 0.2) is 0 Å². The minimum absolute atomic E-state index is 0.0554. The van der Waals surface area contributed by atoms with Crippen molar-refractivity contribution >= 4 is 28.3 Å². The number of aromatic nitrogens is 2. The van der Waals surface area contributed by atoms with Crippen molar-refractivity contribution in [2.24, 2.45) is 0 Å². The number of urea groups is 1. The molecule has 0 saturated carbocycles. The van der Waals surface area contributed by atoms with Crippen LogP contribution in [0.5, 0.6) is 0 Å². The van der Waals surface area contributed by atoms with Crippen molar-refractivity contribution in [2.75, 3.05) is 12.4 Å². The van der Waals surface area contributed by atoms with Crippen LogP contribution in [0.1, 0.15) is 32.1 Å². The van der Waals surface area contributed by atoms with Gasteiger partial charge in [0.25, 0.3) is 11.2 Å². The fourth-order valence-corrected chi connectivity index (χ4v) is 3.39. The molecule has 1 unspecified atom stereocenters. The van der Waals surface area contributed by atoms with Crippen molar-refractivity contribution in [3.05, 3.63) is 74.8 Å². The van der Waals surface area contributed by atoms with E-state index in [4.69, 9.17) is 0 Å². The lowest BCUT2D eigenvalue weighted by atomic mass is 10.1. The van der Waals surface area contributed by atoms with Gasteiger partial charge in [-0.15, -0.1) is 0 Å². The van der Waals surface area contributed by atoms with Crippen molar-refractivity contribution in [3.8, 4) is 0 Å². The van der Waals surface area contributed by atoms with E-state index < -0.39 is 17.0 Å². The van der Waals surface area contributed by atoms with Gasteiger partial charge in [0.05, 0.1) is 21.9 Å². The zero-order valence-electron chi connectivity index (χ0n) is 17.0. The summed E-state index contributed by atoms with van der Waals surface area (Å²) < 4.78 is 1.59. The molecule has 2 amide bonds. The fraction of sp³-hybridized carbons (Fsp3) is 0.286. The number of nitro benzene ring substituents is 1. The maximum Gasteiger partial charge on any atom is 0.322 e.